The number of thiophene rings is 2. The van der Waals surface area contributed by atoms with E-state index in [0.717, 1.165) is 13.5 Å². The lowest BCUT2D eigenvalue weighted by molar-refractivity contribution is -0.140. The van der Waals surface area contributed by atoms with Gasteiger partial charge in [0.25, 0.3) is 11.7 Å². The van der Waals surface area contributed by atoms with E-state index < -0.39 is 17.7 Å². The molecule has 1 unspecified atom stereocenters. The van der Waals surface area contributed by atoms with E-state index in [1.54, 1.807) is 18.2 Å². The SMILES string of the molecule is O=C1C(=O)N(Cc2cccs2)C(c2ccc(Br)s2)/C1=C(\O)c1ccc2c(c1)OCO2. The Hall–Kier alpha value is -2.62. The average molecular weight is 504 g/mol. The highest BCUT2D eigenvalue weighted by molar-refractivity contribution is 9.11. The highest BCUT2D eigenvalue weighted by Gasteiger charge is 2.46. The first-order valence-electron chi connectivity index (χ1n) is 8.99. The van der Waals surface area contributed by atoms with Gasteiger partial charge in [0.1, 0.15) is 11.8 Å². The van der Waals surface area contributed by atoms with Gasteiger partial charge in [-0.1, -0.05) is 6.07 Å². The van der Waals surface area contributed by atoms with Gasteiger partial charge in [-0.15, -0.1) is 22.7 Å². The molecule has 1 atom stereocenters. The van der Waals surface area contributed by atoms with Crippen LogP contribution >= 0.6 is 38.6 Å². The lowest BCUT2D eigenvalue weighted by Gasteiger charge is -2.23. The van der Waals surface area contributed by atoms with Crippen molar-refractivity contribution in [3.63, 3.8) is 0 Å². The summed E-state index contributed by atoms with van der Waals surface area (Å²) in [4.78, 5) is 29.2. The lowest BCUT2D eigenvalue weighted by atomic mass is 9.99. The molecule has 3 aromatic rings. The monoisotopic (exact) mass is 503 g/mol. The van der Waals surface area contributed by atoms with E-state index in [-0.39, 0.29) is 18.1 Å². The Morgan fingerprint density at radius 1 is 1.17 bits per heavy atom. The van der Waals surface area contributed by atoms with Crippen molar-refractivity contribution in [2.45, 2.75) is 12.6 Å². The largest absolute Gasteiger partial charge is 0.507 e. The van der Waals surface area contributed by atoms with E-state index in [1.807, 2.05) is 29.6 Å². The summed E-state index contributed by atoms with van der Waals surface area (Å²) in [7, 11) is 0. The molecule has 30 heavy (non-hydrogen) atoms. The number of ether oxygens (including phenoxy) is 2. The Kier molecular flexibility index (Phi) is 4.88. The maximum atomic E-state index is 13.0. The molecule has 4 heterocycles. The summed E-state index contributed by atoms with van der Waals surface area (Å²) in [6.07, 6.45) is 0. The minimum atomic E-state index is -0.698. The fourth-order valence-electron chi connectivity index (χ4n) is 3.58. The molecule has 2 aliphatic heterocycles. The second-order valence-corrected chi connectivity index (χ2v) is 10.2. The van der Waals surface area contributed by atoms with Gasteiger partial charge >= 0.3 is 0 Å². The molecule has 6 nitrogen and oxygen atoms in total. The first-order chi connectivity index (χ1) is 14.5. The van der Waals surface area contributed by atoms with Gasteiger partial charge < -0.3 is 19.5 Å². The number of carbonyl (C=O) groups excluding carboxylic acids is 2. The summed E-state index contributed by atoms with van der Waals surface area (Å²) in [6.45, 7) is 0.397. The summed E-state index contributed by atoms with van der Waals surface area (Å²) in [6, 6.07) is 11.8. The first-order valence-corrected chi connectivity index (χ1v) is 11.5. The number of Topliss-reactive ketones (excluding diaryl/α,β-unsaturated/α-hetero) is 1. The van der Waals surface area contributed by atoms with Crippen LogP contribution in [0.25, 0.3) is 5.76 Å². The van der Waals surface area contributed by atoms with Crippen molar-refractivity contribution in [1.29, 1.82) is 0 Å². The number of aliphatic hydroxyl groups excluding tert-OH is 1. The van der Waals surface area contributed by atoms with Crippen molar-refractivity contribution in [2.75, 3.05) is 6.79 Å². The average Bonchev–Trinajstić information content (AvgIpc) is 3.52. The van der Waals surface area contributed by atoms with E-state index in [0.29, 0.717) is 23.6 Å². The fraction of sp³-hybridized carbons (Fsp3) is 0.143. The molecule has 9 heteroatoms. The predicted octanol–water partition coefficient (Wildman–Crippen LogP) is 4.92. The third-order valence-corrected chi connectivity index (χ3v) is 7.49. The molecule has 0 aliphatic carbocycles. The quantitative estimate of drug-likeness (QED) is 0.310. The Bertz CT molecular complexity index is 1180. The van der Waals surface area contributed by atoms with Gasteiger partial charge in [0.05, 0.1) is 15.9 Å². The summed E-state index contributed by atoms with van der Waals surface area (Å²) >= 11 is 6.39. The number of halogens is 1. The second kappa shape index (κ2) is 7.57. The molecule has 0 spiro atoms. The molecule has 0 saturated carbocycles. The van der Waals surface area contributed by atoms with Crippen molar-refractivity contribution >= 4 is 56.1 Å². The van der Waals surface area contributed by atoms with Crippen LogP contribution in [0.5, 0.6) is 11.5 Å². The molecular weight excluding hydrogens is 490 g/mol. The van der Waals surface area contributed by atoms with Crippen LogP contribution in [0, 0.1) is 0 Å². The van der Waals surface area contributed by atoms with Gasteiger partial charge in [0.15, 0.2) is 11.5 Å². The van der Waals surface area contributed by atoms with Crippen LogP contribution in [-0.4, -0.2) is 28.5 Å². The first kappa shape index (κ1) is 19.3. The van der Waals surface area contributed by atoms with Gasteiger partial charge in [-0.25, -0.2) is 0 Å². The van der Waals surface area contributed by atoms with E-state index >= 15 is 0 Å². The predicted molar refractivity (Wildman–Crippen MR) is 117 cm³/mol. The van der Waals surface area contributed by atoms with Gasteiger partial charge in [0.2, 0.25) is 6.79 Å². The normalized spacial score (nSPS) is 19.6. The molecule has 152 valence electrons. The molecular formula is C21H14BrNO5S2. The van der Waals surface area contributed by atoms with Crippen LogP contribution in [-0.2, 0) is 16.1 Å². The maximum Gasteiger partial charge on any atom is 0.296 e. The number of nitrogens with zero attached hydrogens (tertiary/aromatic N) is 1. The zero-order valence-electron chi connectivity index (χ0n) is 15.3. The molecule has 1 saturated heterocycles. The van der Waals surface area contributed by atoms with E-state index in [1.165, 1.54) is 27.6 Å². The molecule has 2 aromatic heterocycles. The van der Waals surface area contributed by atoms with Gasteiger partial charge in [-0.2, -0.15) is 0 Å². The van der Waals surface area contributed by atoms with E-state index in [2.05, 4.69) is 15.9 Å². The number of hydrogen-bond acceptors (Lipinski definition) is 7. The number of benzene rings is 1. The Balaban J connectivity index is 1.63. The van der Waals surface area contributed by atoms with Crippen LogP contribution in [0.15, 0.2) is 57.2 Å². The zero-order chi connectivity index (χ0) is 20.8. The summed E-state index contributed by atoms with van der Waals surface area (Å²) in [5, 5.41) is 13.0. The zero-order valence-corrected chi connectivity index (χ0v) is 18.6. The lowest BCUT2D eigenvalue weighted by Crippen LogP contribution is -2.28. The molecule has 2 aliphatic rings. The van der Waals surface area contributed by atoms with E-state index in [9.17, 15) is 14.7 Å². The Labute approximate surface area is 188 Å². The van der Waals surface area contributed by atoms with E-state index in [4.69, 9.17) is 9.47 Å². The van der Waals surface area contributed by atoms with Crippen molar-refractivity contribution in [3.05, 3.63) is 72.5 Å². The molecule has 0 radical (unpaired) electrons. The summed E-state index contributed by atoms with van der Waals surface area (Å²) < 4.78 is 11.6. The van der Waals surface area contributed by atoms with Crippen LogP contribution < -0.4 is 9.47 Å². The van der Waals surface area contributed by atoms with Crippen LogP contribution in [0.2, 0.25) is 0 Å². The number of hydrogen-bond donors (Lipinski definition) is 1. The minimum absolute atomic E-state index is 0.0739. The second-order valence-electron chi connectivity index (χ2n) is 6.72. The Morgan fingerprint density at radius 3 is 2.73 bits per heavy atom. The van der Waals surface area contributed by atoms with Crippen LogP contribution in [0.3, 0.4) is 0 Å². The molecule has 1 N–H and O–H groups in total. The molecule has 1 fully saturated rings. The smallest absolute Gasteiger partial charge is 0.296 e. The standard InChI is InChI=1S/C21H14BrNO5S2/c22-16-6-5-15(30-16)18-17(19(24)11-3-4-13-14(8-11)28-10-27-13)20(25)21(26)23(18)9-12-2-1-7-29-12/h1-8,18,24H,9-10H2/b19-17+. The molecule has 5 rings (SSSR count). The topological polar surface area (TPSA) is 76.1 Å². The summed E-state index contributed by atoms with van der Waals surface area (Å²) in [5.41, 5.74) is 0.471. The van der Waals surface area contributed by atoms with Crippen molar-refractivity contribution in [2.24, 2.45) is 0 Å². The Morgan fingerprint density at radius 2 is 2.00 bits per heavy atom. The van der Waals surface area contributed by atoms with Crippen LogP contribution in [0.4, 0.5) is 0 Å². The van der Waals surface area contributed by atoms with Gasteiger partial charge in [0, 0.05) is 15.3 Å². The number of ketones is 1. The van der Waals surface area contributed by atoms with Gasteiger partial charge in [-0.3, -0.25) is 9.59 Å². The van der Waals surface area contributed by atoms with Crippen molar-refractivity contribution in [1.82, 2.24) is 4.90 Å². The number of likely N-dealkylation sites (tertiary alicyclic amines) is 1. The van der Waals surface area contributed by atoms with Gasteiger partial charge in [-0.05, 0) is 57.7 Å². The number of amides is 1. The summed E-state index contributed by atoms with van der Waals surface area (Å²) in [5.74, 6) is -0.489. The number of fused-ring (bicyclic) bond motifs is 1. The third-order valence-electron chi connectivity index (χ3n) is 4.96. The van der Waals surface area contributed by atoms with Crippen LogP contribution in [0.1, 0.15) is 21.4 Å². The van der Waals surface area contributed by atoms with Crippen molar-refractivity contribution in [3.8, 4) is 11.5 Å². The number of rotatable bonds is 4. The minimum Gasteiger partial charge on any atom is -0.507 e. The maximum absolute atomic E-state index is 13.0. The molecule has 0 bridgehead atoms. The highest BCUT2D eigenvalue weighted by atomic mass is 79.9. The highest BCUT2D eigenvalue weighted by Crippen LogP contribution is 2.44. The number of carbonyl (C=O) groups is 2. The fourth-order valence-corrected chi connectivity index (χ4v) is 5.83. The third kappa shape index (κ3) is 3.23. The number of aliphatic hydroxyl groups is 1. The molecule has 1 aromatic carbocycles. The van der Waals surface area contributed by atoms with Crippen molar-refractivity contribution < 1.29 is 24.2 Å². The molecule has 1 amide bonds.